The second-order valence-corrected chi connectivity index (χ2v) is 6.70. The van der Waals surface area contributed by atoms with Crippen LogP contribution in [0.3, 0.4) is 0 Å². The van der Waals surface area contributed by atoms with Crippen LogP contribution in [0.25, 0.3) is 0 Å². The molecular formula is C18H38NO3+. The quantitative estimate of drug-likeness (QED) is 0.452. The van der Waals surface area contributed by atoms with Crippen molar-refractivity contribution in [2.45, 2.75) is 84.7 Å². The van der Waals surface area contributed by atoms with Crippen molar-refractivity contribution in [1.82, 2.24) is 0 Å². The molecule has 4 heteroatoms. The second kappa shape index (κ2) is 12.9. The molecule has 0 aliphatic carbocycles. The Bertz CT molecular complexity index is 260. The maximum Gasteiger partial charge on any atom is 0.303 e. The van der Waals surface area contributed by atoms with E-state index >= 15 is 0 Å². The zero-order chi connectivity index (χ0) is 16.8. The Morgan fingerprint density at radius 2 is 1.36 bits per heavy atom. The van der Waals surface area contributed by atoms with Gasteiger partial charge in [0.15, 0.2) is 0 Å². The maximum absolute atomic E-state index is 10.6. The van der Waals surface area contributed by atoms with Gasteiger partial charge in [0.1, 0.15) is 12.6 Å². The smallest absolute Gasteiger partial charge is 0.303 e. The highest BCUT2D eigenvalue weighted by atomic mass is 16.4. The summed E-state index contributed by atoms with van der Waals surface area (Å²) in [5.74, 6) is -0.768. The summed E-state index contributed by atoms with van der Waals surface area (Å²) in [7, 11) is 0. The molecule has 0 aliphatic heterocycles. The van der Waals surface area contributed by atoms with E-state index in [0.29, 0.717) is 12.8 Å². The largest absolute Gasteiger partial charge is 0.481 e. The summed E-state index contributed by atoms with van der Waals surface area (Å²) in [6, 6.07) is 0. The van der Waals surface area contributed by atoms with E-state index in [2.05, 4.69) is 20.8 Å². The van der Waals surface area contributed by atoms with Crippen LogP contribution in [0.5, 0.6) is 0 Å². The molecule has 1 unspecified atom stereocenters. The number of quaternary nitrogens is 1. The Kier molecular flexibility index (Phi) is 12.5. The number of hydrogen-bond acceptors (Lipinski definition) is 2. The fraction of sp³-hybridized carbons (Fsp3) is 0.944. The number of aliphatic carboxylic acids is 1. The maximum atomic E-state index is 10.6. The number of carboxylic acids is 1. The Morgan fingerprint density at radius 3 is 1.73 bits per heavy atom. The van der Waals surface area contributed by atoms with Crippen molar-refractivity contribution >= 4 is 5.97 Å². The van der Waals surface area contributed by atoms with Crippen molar-refractivity contribution in [3.05, 3.63) is 0 Å². The third-order valence-electron chi connectivity index (χ3n) is 4.48. The van der Waals surface area contributed by atoms with E-state index < -0.39 is 5.97 Å². The van der Waals surface area contributed by atoms with Crippen LogP contribution in [0.2, 0.25) is 0 Å². The van der Waals surface area contributed by atoms with Crippen LogP contribution in [-0.2, 0) is 4.79 Å². The number of carbonyl (C=O) groups is 1. The van der Waals surface area contributed by atoms with Crippen molar-refractivity contribution in [2.24, 2.45) is 0 Å². The highest BCUT2D eigenvalue weighted by Gasteiger charge is 2.28. The monoisotopic (exact) mass is 316 g/mol. The lowest BCUT2D eigenvalue weighted by molar-refractivity contribution is -0.931. The van der Waals surface area contributed by atoms with Crippen molar-refractivity contribution in [2.75, 3.05) is 26.2 Å². The van der Waals surface area contributed by atoms with Gasteiger partial charge >= 0.3 is 5.97 Å². The summed E-state index contributed by atoms with van der Waals surface area (Å²) < 4.78 is 1.02. The van der Waals surface area contributed by atoms with Gasteiger partial charge in [0, 0.05) is 6.42 Å². The van der Waals surface area contributed by atoms with Crippen molar-refractivity contribution < 1.29 is 19.5 Å². The highest BCUT2D eigenvalue weighted by Crippen LogP contribution is 2.17. The molecule has 132 valence electrons. The molecule has 0 saturated carbocycles. The highest BCUT2D eigenvalue weighted by molar-refractivity contribution is 5.66. The van der Waals surface area contributed by atoms with Gasteiger partial charge in [-0.15, -0.1) is 0 Å². The number of nitrogens with zero attached hydrogens (tertiary/aromatic N) is 1. The zero-order valence-corrected chi connectivity index (χ0v) is 15.0. The zero-order valence-electron chi connectivity index (χ0n) is 15.0. The van der Waals surface area contributed by atoms with Crippen molar-refractivity contribution in [1.29, 1.82) is 0 Å². The number of carboxylic acid groups (broad SMARTS) is 1. The Hall–Kier alpha value is -0.610. The van der Waals surface area contributed by atoms with Crippen LogP contribution in [-0.4, -0.2) is 52.9 Å². The molecule has 0 radical (unpaired) electrons. The molecule has 0 heterocycles. The van der Waals surface area contributed by atoms with E-state index in [-0.39, 0.29) is 12.5 Å². The Labute approximate surface area is 137 Å². The number of rotatable bonds is 15. The Balaban J connectivity index is 4.64. The van der Waals surface area contributed by atoms with Crippen LogP contribution in [0.15, 0.2) is 0 Å². The average molecular weight is 317 g/mol. The lowest BCUT2D eigenvalue weighted by atomic mass is 10.1. The average Bonchev–Trinajstić information content (AvgIpc) is 2.48. The van der Waals surface area contributed by atoms with Crippen molar-refractivity contribution in [3.8, 4) is 0 Å². The third kappa shape index (κ3) is 10.2. The second-order valence-electron chi connectivity index (χ2n) is 6.70. The fourth-order valence-electron chi connectivity index (χ4n) is 3.12. The number of hydrogen-bond donors (Lipinski definition) is 2. The van der Waals surface area contributed by atoms with E-state index in [1.54, 1.807) is 0 Å². The Morgan fingerprint density at radius 1 is 0.909 bits per heavy atom. The predicted octanol–water partition coefficient (Wildman–Crippen LogP) is 3.82. The molecule has 0 amide bonds. The molecule has 0 aromatic heterocycles. The van der Waals surface area contributed by atoms with E-state index in [1.165, 1.54) is 38.5 Å². The number of aliphatic hydroxyl groups excluding tert-OH is 1. The molecule has 2 N–H and O–H groups in total. The van der Waals surface area contributed by atoms with Gasteiger partial charge in [-0.05, 0) is 32.1 Å². The predicted molar refractivity (Wildman–Crippen MR) is 91.9 cm³/mol. The third-order valence-corrected chi connectivity index (χ3v) is 4.48. The van der Waals surface area contributed by atoms with Crippen LogP contribution >= 0.6 is 0 Å². The normalized spacial score (nSPS) is 13.3. The first-order valence-electron chi connectivity index (χ1n) is 9.24. The fourth-order valence-corrected chi connectivity index (χ4v) is 3.12. The van der Waals surface area contributed by atoms with Crippen molar-refractivity contribution in [3.63, 3.8) is 0 Å². The number of unbranched alkanes of at least 4 members (excludes halogenated alkanes) is 3. The van der Waals surface area contributed by atoms with E-state index in [9.17, 15) is 9.90 Å². The van der Waals surface area contributed by atoms with E-state index in [4.69, 9.17) is 5.11 Å². The molecule has 0 saturated heterocycles. The molecule has 4 nitrogen and oxygen atoms in total. The molecular weight excluding hydrogens is 278 g/mol. The van der Waals surface area contributed by atoms with Gasteiger partial charge in [0.2, 0.25) is 0 Å². The molecule has 0 aromatic carbocycles. The minimum absolute atomic E-state index is 0.163. The standard InChI is InChI=1S/C18H37NO3/c1-4-7-13-19(14-8-5-2,15-9-6-3)16-17(20)11-10-12-18(21)22/h17,20H,4-16H2,1-3H3/p+1. The van der Waals surface area contributed by atoms with Gasteiger partial charge in [0.05, 0.1) is 19.6 Å². The van der Waals surface area contributed by atoms with Crippen LogP contribution < -0.4 is 0 Å². The summed E-state index contributed by atoms with van der Waals surface area (Å²) in [6.45, 7) is 10.9. The first kappa shape index (κ1) is 21.4. The van der Waals surface area contributed by atoms with Crippen LogP contribution in [0.1, 0.15) is 78.6 Å². The summed E-state index contributed by atoms with van der Waals surface area (Å²) in [4.78, 5) is 10.6. The summed E-state index contributed by atoms with van der Waals surface area (Å²) >= 11 is 0. The van der Waals surface area contributed by atoms with E-state index in [0.717, 1.165) is 30.7 Å². The van der Waals surface area contributed by atoms with Gasteiger partial charge in [0.25, 0.3) is 0 Å². The van der Waals surface area contributed by atoms with E-state index in [1.807, 2.05) is 0 Å². The van der Waals surface area contributed by atoms with Gasteiger partial charge in [-0.3, -0.25) is 4.79 Å². The molecule has 22 heavy (non-hydrogen) atoms. The lowest BCUT2D eigenvalue weighted by Gasteiger charge is -2.40. The summed E-state index contributed by atoms with van der Waals surface area (Å²) in [5.41, 5.74) is 0. The minimum atomic E-state index is -0.768. The first-order chi connectivity index (χ1) is 10.5. The lowest BCUT2D eigenvalue weighted by Crippen LogP contribution is -2.54. The summed E-state index contributed by atoms with van der Waals surface area (Å²) in [5, 5.41) is 19.1. The molecule has 0 fully saturated rings. The molecule has 1 atom stereocenters. The molecule has 0 rings (SSSR count). The van der Waals surface area contributed by atoms with Crippen LogP contribution in [0, 0.1) is 0 Å². The van der Waals surface area contributed by atoms with Gasteiger partial charge < -0.3 is 14.7 Å². The molecule has 0 bridgehead atoms. The van der Waals surface area contributed by atoms with Gasteiger partial charge in [-0.25, -0.2) is 0 Å². The molecule has 0 aliphatic rings. The van der Waals surface area contributed by atoms with Crippen LogP contribution in [0.4, 0.5) is 0 Å². The topological polar surface area (TPSA) is 57.5 Å². The number of aliphatic hydroxyl groups is 1. The minimum Gasteiger partial charge on any atom is -0.481 e. The summed E-state index contributed by atoms with van der Waals surface area (Å²) in [6.07, 6.45) is 8.15. The SMILES string of the molecule is CCCC[N+](CCCC)(CCCC)CC(O)CCCC(=O)O. The van der Waals surface area contributed by atoms with Gasteiger partial charge in [-0.1, -0.05) is 40.0 Å². The van der Waals surface area contributed by atoms with Gasteiger partial charge in [-0.2, -0.15) is 0 Å². The molecule has 0 spiro atoms. The first-order valence-corrected chi connectivity index (χ1v) is 9.24. The molecule has 0 aromatic rings.